The standard InChI is InChI=1S/C18H23N3O2S/c1-20(13-17-3-2-12-24-17)14-18(22)19-15-4-6-16(7-5-15)21-8-10-23-11-9-21/h2-7,12H,8-11,13-14H2,1H3,(H,19,22)/p+1. The summed E-state index contributed by atoms with van der Waals surface area (Å²) in [7, 11) is 2.04. The minimum atomic E-state index is 0.0446. The second-order valence-electron chi connectivity index (χ2n) is 6.08. The van der Waals surface area contributed by atoms with Crippen molar-refractivity contribution in [1.82, 2.24) is 0 Å². The van der Waals surface area contributed by atoms with Crippen molar-refractivity contribution in [2.45, 2.75) is 6.54 Å². The van der Waals surface area contributed by atoms with Gasteiger partial charge in [0.05, 0.1) is 25.1 Å². The molecule has 1 aromatic carbocycles. The molecule has 1 atom stereocenters. The number of ether oxygens (including phenoxy) is 1. The number of nitrogens with one attached hydrogen (secondary N) is 2. The molecule has 24 heavy (non-hydrogen) atoms. The first-order valence-electron chi connectivity index (χ1n) is 8.27. The number of carbonyl (C=O) groups is 1. The highest BCUT2D eigenvalue weighted by atomic mass is 32.1. The SMILES string of the molecule is C[NH+](CC(=O)Nc1ccc(N2CCOCC2)cc1)Cc1cccs1. The molecule has 1 fully saturated rings. The summed E-state index contributed by atoms with van der Waals surface area (Å²) in [6.07, 6.45) is 0. The van der Waals surface area contributed by atoms with Gasteiger partial charge in [-0.05, 0) is 35.7 Å². The van der Waals surface area contributed by atoms with Crippen LogP contribution in [0.25, 0.3) is 0 Å². The number of rotatable bonds is 6. The minimum absolute atomic E-state index is 0.0446. The molecule has 1 aromatic heterocycles. The molecule has 1 aliphatic rings. The summed E-state index contributed by atoms with van der Waals surface area (Å²) < 4.78 is 5.37. The van der Waals surface area contributed by atoms with Gasteiger partial charge in [-0.2, -0.15) is 0 Å². The van der Waals surface area contributed by atoms with Crippen molar-refractivity contribution in [3.63, 3.8) is 0 Å². The molecule has 1 amide bonds. The highest BCUT2D eigenvalue weighted by Crippen LogP contribution is 2.18. The van der Waals surface area contributed by atoms with E-state index in [9.17, 15) is 4.79 Å². The first-order chi connectivity index (χ1) is 11.7. The van der Waals surface area contributed by atoms with Gasteiger partial charge in [0.25, 0.3) is 5.91 Å². The average molecular weight is 346 g/mol. The zero-order chi connectivity index (χ0) is 16.8. The molecule has 2 heterocycles. The predicted molar refractivity (Wildman–Crippen MR) is 97.9 cm³/mol. The smallest absolute Gasteiger partial charge is 0.279 e. The number of morpholine rings is 1. The zero-order valence-electron chi connectivity index (χ0n) is 14.0. The van der Waals surface area contributed by atoms with Crippen LogP contribution in [0, 0.1) is 0 Å². The number of hydrogen-bond donors (Lipinski definition) is 2. The Hall–Kier alpha value is -1.89. The van der Waals surface area contributed by atoms with E-state index in [2.05, 4.69) is 33.8 Å². The quantitative estimate of drug-likeness (QED) is 0.827. The van der Waals surface area contributed by atoms with Crippen molar-refractivity contribution >= 4 is 28.6 Å². The minimum Gasteiger partial charge on any atom is -0.378 e. The Balaban J connectivity index is 1.48. The number of amides is 1. The van der Waals surface area contributed by atoms with E-state index in [-0.39, 0.29) is 5.91 Å². The molecule has 5 nitrogen and oxygen atoms in total. The number of carbonyl (C=O) groups excluding carboxylic acids is 1. The van der Waals surface area contributed by atoms with Crippen molar-refractivity contribution in [2.75, 3.05) is 50.1 Å². The molecule has 3 rings (SSSR count). The highest BCUT2D eigenvalue weighted by molar-refractivity contribution is 7.09. The second-order valence-corrected chi connectivity index (χ2v) is 7.12. The van der Waals surface area contributed by atoms with Crippen LogP contribution in [0.15, 0.2) is 41.8 Å². The van der Waals surface area contributed by atoms with Crippen LogP contribution in [-0.4, -0.2) is 45.8 Å². The maximum Gasteiger partial charge on any atom is 0.279 e. The number of quaternary nitrogens is 1. The van der Waals surface area contributed by atoms with Gasteiger partial charge in [-0.1, -0.05) is 6.07 Å². The second kappa shape index (κ2) is 8.28. The van der Waals surface area contributed by atoms with Gasteiger partial charge >= 0.3 is 0 Å². The van der Waals surface area contributed by atoms with Crippen LogP contribution < -0.4 is 15.1 Å². The Morgan fingerprint density at radius 3 is 2.67 bits per heavy atom. The van der Waals surface area contributed by atoms with Crippen LogP contribution in [0.4, 0.5) is 11.4 Å². The van der Waals surface area contributed by atoms with E-state index in [4.69, 9.17) is 4.74 Å². The van der Waals surface area contributed by atoms with Crippen LogP contribution in [0.2, 0.25) is 0 Å². The Morgan fingerprint density at radius 1 is 1.25 bits per heavy atom. The van der Waals surface area contributed by atoms with E-state index in [1.807, 2.05) is 25.2 Å². The molecule has 0 radical (unpaired) electrons. The molecule has 1 unspecified atom stereocenters. The summed E-state index contributed by atoms with van der Waals surface area (Å²) in [5.74, 6) is 0.0446. The molecule has 2 aromatic rings. The third kappa shape index (κ3) is 4.80. The van der Waals surface area contributed by atoms with E-state index in [1.54, 1.807) is 11.3 Å². The summed E-state index contributed by atoms with van der Waals surface area (Å²) in [4.78, 5) is 17.0. The van der Waals surface area contributed by atoms with E-state index in [0.717, 1.165) is 38.5 Å². The topological polar surface area (TPSA) is 46.0 Å². The number of nitrogens with zero attached hydrogens (tertiary/aromatic N) is 1. The fourth-order valence-electron chi connectivity index (χ4n) is 2.83. The zero-order valence-corrected chi connectivity index (χ0v) is 14.8. The Kier molecular flexibility index (Phi) is 5.85. The van der Waals surface area contributed by atoms with Crippen LogP contribution in [0.1, 0.15) is 4.88 Å². The molecule has 0 spiro atoms. The molecular weight excluding hydrogens is 322 g/mol. The van der Waals surface area contributed by atoms with Crippen molar-refractivity contribution in [3.05, 3.63) is 46.7 Å². The lowest BCUT2D eigenvalue weighted by Gasteiger charge is -2.28. The van der Waals surface area contributed by atoms with Gasteiger partial charge in [0.1, 0.15) is 6.54 Å². The number of thiophene rings is 1. The van der Waals surface area contributed by atoms with Crippen molar-refractivity contribution in [1.29, 1.82) is 0 Å². The third-order valence-corrected chi connectivity index (χ3v) is 4.92. The first-order valence-corrected chi connectivity index (χ1v) is 9.15. The Morgan fingerprint density at radius 2 is 2.00 bits per heavy atom. The molecule has 128 valence electrons. The highest BCUT2D eigenvalue weighted by Gasteiger charge is 2.13. The molecule has 0 bridgehead atoms. The van der Waals surface area contributed by atoms with E-state index < -0.39 is 0 Å². The van der Waals surface area contributed by atoms with E-state index in [0.29, 0.717) is 6.54 Å². The lowest BCUT2D eigenvalue weighted by molar-refractivity contribution is -0.884. The fourth-order valence-corrected chi connectivity index (χ4v) is 3.65. The van der Waals surface area contributed by atoms with E-state index >= 15 is 0 Å². The van der Waals surface area contributed by atoms with Crippen LogP contribution in [0.5, 0.6) is 0 Å². The largest absolute Gasteiger partial charge is 0.378 e. The number of likely N-dealkylation sites (N-methyl/N-ethyl adjacent to an activating group) is 1. The number of hydrogen-bond acceptors (Lipinski definition) is 4. The summed E-state index contributed by atoms with van der Waals surface area (Å²) in [5, 5.41) is 5.05. The van der Waals surface area contributed by atoms with Gasteiger partial charge in [-0.15, -0.1) is 11.3 Å². The first kappa shape index (κ1) is 17.0. The van der Waals surface area contributed by atoms with Gasteiger partial charge in [-0.3, -0.25) is 4.79 Å². The number of benzene rings is 1. The normalized spacial score (nSPS) is 16.0. The van der Waals surface area contributed by atoms with Gasteiger partial charge in [-0.25, -0.2) is 0 Å². The molecular formula is C18H24N3O2S+. The van der Waals surface area contributed by atoms with Crippen LogP contribution in [-0.2, 0) is 16.1 Å². The lowest BCUT2D eigenvalue weighted by atomic mass is 10.2. The fraction of sp³-hybridized carbons (Fsp3) is 0.389. The summed E-state index contributed by atoms with van der Waals surface area (Å²) in [6.45, 7) is 4.73. The summed E-state index contributed by atoms with van der Waals surface area (Å²) in [5.41, 5.74) is 2.03. The van der Waals surface area contributed by atoms with Gasteiger partial charge in [0.15, 0.2) is 6.54 Å². The molecule has 2 N–H and O–H groups in total. The molecule has 0 aliphatic carbocycles. The predicted octanol–water partition coefficient (Wildman–Crippen LogP) is 1.24. The van der Waals surface area contributed by atoms with Gasteiger partial charge in [0, 0.05) is 24.5 Å². The van der Waals surface area contributed by atoms with Crippen molar-refractivity contribution in [3.8, 4) is 0 Å². The monoisotopic (exact) mass is 346 g/mol. The van der Waals surface area contributed by atoms with E-state index in [1.165, 1.54) is 15.5 Å². The summed E-state index contributed by atoms with van der Waals surface area (Å²) >= 11 is 1.73. The molecule has 6 heteroatoms. The molecule has 1 saturated heterocycles. The third-order valence-electron chi connectivity index (χ3n) is 4.05. The lowest BCUT2D eigenvalue weighted by Crippen LogP contribution is -3.08. The maximum atomic E-state index is 12.2. The Labute approximate surface area is 146 Å². The van der Waals surface area contributed by atoms with Crippen LogP contribution in [0.3, 0.4) is 0 Å². The number of anilines is 2. The molecule has 0 saturated carbocycles. The molecule has 1 aliphatic heterocycles. The van der Waals surface area contributed by atoms with Gasteiger partial charge < -0.3 is 19.9 Å². The van der Waals surface area contributed by atoms with Crippen molar-refractivity contribution < 1.29 is 14.4 Å². The van der Waals surface area contributed by atoms with Crippen LogP contribution >= 0.6 is 11.3 Å². The Bertz CT molecular complexity index is 637. The summed E-state index contributed by atoms with van der Waals surface area (Å²) in [6, 6.07) is 12.2. The maximum absolute atomic E-state index is 12.2. The van der Waals surface area contributed by atoms with Gasteiger partial charge in [0.2, 0.25) is 0 Å². The average Bonchev–Trinajstić information content (AvgIpc) is 3.09. The van der Waals surface area contributed by atoms with Crippen molar-refractivity contribution in [2.24, 2.45) is 0 Å².